The molecule has 0 spiro atoms. The van der Waals surface area contributed by atoms with E-state index in [0.717, 1.165) is 11.3 Å². The Kier molecular flexibility index (Phi) is 15.2. The highest BCUT2D eigenvalue weighted by Crippen LogP contribution is 2.40. The molecule has 0 saturated carbocycles. The van der Waals surface area contributed by atoms with E-state index in [2.05, 4.69) is 22.6 Å². The highest BCUT2D eigenvalue weighted by atomic mass is 16.7. The molecular weight excluding hydrogens is 759 g/mol. The third-order valence-electron chi connectivity index (χ3n) is 12.8. The number of fused-ring (bicyclic) bond motifs is 1. The largest absolute Gasteiger partial charge is 0.458 e. The van der Waals surface area contributed by atoms with Crippen molar-refractivity contribution in [1.82, 2.24) is 30.1 Å². The average Bonchev–Trinajstić information content (AvgIpc) is 3.77. The number of aliphatic hydroxyl groups excluding tert-OH is 1. The van der Waals surface area contributed by atoms with E-state index < -0.39 is 71.5 Å². The quantitative estimate of drug-likeness (QED) is 0.126. The van der Waals surface area contributed by atoms with E-state index in [1.165, 1.54) is 6.92 Å². The zero-order valence-electron chi connectivity index (χ0n) is 36.9. The number of nitrogens with one attached hydrogen (secondary N) is 1. The fraction of sp³-hybridized carbons (Fsp3) is 0.744. The van der Waals surface area contributed by atoms with Gasteiger partial charge in [0.25, 0.3) is 0 Å². The van der Waals surface area contributed by atoms with Crippen LogP contribution in [0.25, 0.3) is 11.3 Å². The van der Waals surface area contributed by atoms with Gasteiger partial charge in [-0.3, -0.25) is 19.2 Å². The number of ketones is 1. The van der Waals surface area contributed by atoms with Gasteiger partial charge in [0.05, 0.1) is 30.0 Å². The number of carbonyl (C=O) groups is 3. The van der Waals surface area contributed by atoms with Crippen LogP contribution in [0.4, 0.5) is 10.5 Å². The molecule has 4 heterocycles. The van der Waals surface area contributed by atoms with Crippen LogP contribution < -0.4 is 11.1 Å². The summed E-state index contributed by atoms with van der Waals surface area (Å²) in [6, 6.07) is 6.46. The lowest BCUT2D eigenvalue weighted by atomic mass is 9.78. The van der Waals surface area contributed by atoms with Gasteiger partial charge >= 0.3 is 12.1 Å². The second kappa shape index (κ2) is 19.4. The molecule has 5 rings (SSSR count). The molecule has 1 aromatic heterocycles. The summed E-state index contributed by atoms with van der Waals surface area (Å²) < 4.78 is 33.3. The summed E-state index contributed by atoms with van der Waals surface area (Å²) in [6.45, 7) is 16.4. The molecule has 0 bridgehead atoms. The van der Waals surface area contributed by atoms with Gasteiger partial charge in [-0.15, -0.1) is 5.10 Å². The number of carbonyl (C=O) groups excluding carboxylic acids is 3. The Morgan fingerprint density at radius 1 is 1.08 bits per heavy atom. The van der Waals surface area contributed by atoms with Crippen molar-refractivity contribution in [1.29, 1.82) is 0 Å². The van der Waals surface area contributed by atoms with Crippen LogP contribution in [-0.2, 0) is 39.8 Å². The summed E-state index contributed by atoms with van der Waals surface area (Å²) in [5.74, 6) is -3.16. The molecule has 4 N–H and O–H groups in total. The molecule has 3 aliphatic heterocycles. The molecule has 330 valence electrons. The van der Waals surface area contributed by atoms with Crippen LogP contribution >= 0.6 is 0 Å². The fourth-order valence-electron chi connectivity index (χ4n) is 9.45. The van der Waals surface area contributed by atoms with Gasteiger partial charge in [0.2, 0.25) is 0 Å². The number of hydrogen-bond donors (Lipinski definition) is 3. The third kappa shape index (κ3) is 10.3. The van der Waals surface area contributed by atoms with E-state index in [1.54, 1.807) is 23.6 Å². The van der Waals surface area contributed by atoms with Crippen molar-refractivity contribution in [2.45, 2.75) is 154 Å². The highest BCUT2D eigenvalue weighted by Gasteiger charge is 2.58. The fourth-order valence-corrected chi connectivity index (χ4v) is 9.45. The number of unbranched alkanes of at least 4 members (excludes halogenated alkanes) is 1. The topological polar surface area (TPSA) is 193 Å². The Morgan fingerprint density at radius 3 is 2.46 bits per heavy atom. The summed E-state index contributed by atoms with van der Waals surface area (Å²) in [4.78, 5) is 45.9. The van der Waals surface area contributed by atoms with Crippen molar-refractivity contribution in [3.63, 3.8) is 0 Å². The maximum absolute atomic E-state index is 14.4. The minimum atomic E-state index is -1.23. The number of anilines is 1. The van der Waals surface area contributed by atoms with Crippen molar-refractivity contribution in [2.24, 2.45) is 17.8 Å². The summed E-state index contributed by atoms with van der Waals surface area (Å²) in [5.41, 5.74) is 5.95. The normalized spacial score (nSPS) is 36.5. The smallest absolute Gasteiger partial charge is 0.410 e. The molecule has 16 nitrogen and oxygen atoms in total. The lowest BCUT2D eigenvalue weighted by Gasteiger charge is -2.46. The number of aromatic nitrogens is 3. The minimum absolute atomic E-state index is 0.0125. The Bertz CT molecular complexity index is 1740. The van der Waals surface area contributed by atoms with E-state index >= 15 is 0 Å². The van der Waals surface area contributed by atoms with Gasteiger partial charge in [-0.05, 0) is 105 Å². The van der Waals surface area contributed by atoms with Gasteiger partial charge in [0, 0.05) is 49.5 Å². The Labute approximate surface area is 349 Å². The molecule has 16 heteroatoms. The van der Waals surface area contributed by atoms with Gasteiger partial charge in [0.1, 0.15) is 23.8 Å². The first-order chi connectivity index (χ1) is 27.8. The number of nitrogens with zero attached hydrogens (tertiary/aromatic N) is 5. The van der Waals surface area contributed by atoms with Crippen molar-refractivity contribution in [3.05, 3.63) is 30.5 Å². The lowest BCUT2D eigenvalue weighted by molar-refractivity contribution is -0.295. The lowest BCUT2D eigenvalue weighted by Crippen LogP contribution is -2.61. The van der Waals surface area contributed by atoms with E-state index in [0.29, 0.717) is 57.4 Å². The second-order valence-corrected chi connectivity index (χ2v) is 17.8. The number of esters is 1. The molecule has 1 aromatic carbocycles. The number of ether oxygens (including phenoxy) is 5. The number of methoxy groups -OCH3 is 1. The number of Topliss-reactive ketones (excluding diaryl/α,β-unsaturated/α-hetero) is 1. The van der Waals surface area contributed by atoms with E-state index in [9.17, 15) is 19.5 Å². The van der Waals surface area contributed by atoms with Crippen LogP contribution in [0.2, 0.25) is 0 Å². The number of nitrogen functional groups attached to an aromatic ring is 1. The monoisotopic (exact) mass is 828 g/mol. The number of aryl methyl sites for hydroxylation is 1. The van der Waals surface area contributed by atoms with E-state index in [-0.39, 0.29) is 24.1 Å². The molecule has 3 saturated heterocycles. The molecule has 59 heavy (non-hydrogen) atoms. The summed E-state index contributed by atoms with van der Waals surface area (Å²) in [7, 11) is 5.39. The summed E-state index contributed by atoms with van der Waals surface area (Å²) in [5, 5.41) is 23.7. The molecule has 13 atom stereocenters. The van der Waals surface area contributed by atoms with Gasteiger partial charge < -0.3 is 44.7 Å². The zero-order valence-corrected chi connectivity index (χ0v) is 36.9. The standard InChI is InChI=1S/C43H69N7O9/c1-12-34-43(8)37(50(41(54)59-43)19-14-13-18-49-24-32(46-47-49)30-16-15-17-31(44)21-30)29(6)45-23-25(2)22-42(7,55-11)38(27(4)35(51)28(5)39(53)57-34)58-40-36(52)33(48(9)10)20-26(3)56-40/h15-17,21,24-29,33-34,36-38,40,45,52H,12-14,18-20,22-23,44H2,1-11H3/t25-,26-,27+,28-,29-,33?,34-,36-,37-,38-,40+,42-,43-/m1/s1. The predicted molar refractivity (Wildman–Crippen MR) is 222 cm³/mol. The number of nitrogens with two attached hydrogens (primary N) is 1. The number of cyclic esters (lactones) is 1. The number of likely N-dealkylation sites (N-methyl/N-ethyl adjacent to an activating group) is 1. The predicted octanol–water partition coefficient (Wildman–Crippen LogP) is 4.28. The zero-order chi connectivity index (χ0) is 43.4. The minimum Gasteiger partial charge on any atom is -0.458 e. The van der Waals surface area contributed by atoms with Crippen molar-refractivity contribution in [3.8, 4) is 11.3 Å². The Hall–Kier alpha value is -3.67. The number of rotatable bonds is 11. The first-order valence-corrected chi connectivity index (χ1v) is 21.3. The van der Waals surface area contributed by atoms with Crippen LogP contribution in [0.5, 0.6) is 0 Å². The van der Waals surface area contributed by atoms with Gasteiger partial charge in [0.15, 0.2) is 17.7 Å². The van der Waals surface area contributed by atoms with Crippen LogP contribution in [-0.4, -0.2) is 142 Å². The van der Waals surface area contributed by atoms with Crippen LogP contribution in [0.1, 0.15) is 87.5 Å². The Balaban J connectivity index is 1.38. The van der Waals surface area contributed by atoms with Crippen molar-refractivity contribution >= 4 is 23.5 Å². The number of hydrogen-bond acceptors (Lipinski definition) is 14. The van der Waals surface area contributed by atoms with Crippen LogP contribution in [0.3, 0.4) is 0 Å². The van der Waals surface area contributed by atoms with Gasteiger partial charge in [-0.2, -0.15) is 0 Å². The average molecular weight is 828 g/mol. The van der Waals surface area contributed by atoms with Crippen LogP contribution in [0, 0.1) is 17.8 Å². The maximum atomic E-state index is 14.4. The first kappa shape index (κ1) is 46.4. The molecule has 3 fully saturated rings. The summed E-state index contributed by atoms with van der Waals surface area (Å²) >= 11 is 0. The SMILES string of the molecule is CC[C@H]1OC(=O)[C@H](C)C(=O)[C@H](C)[C@@H](O[C@@H]2O[C@H](C)CC(N(C)C)[C@H]2O)[C@](C)(OC)C[C@@H](C)CN[C@H](C)[C@H]2N(CCCCn3cc(-c4cccc(N)c4)nn3)C(=O)O[C@]12C. The van der Waals surface area contributed by atoms with Gasteiger partial charge in [-0.25, -0.2) is 4.79 Å². The second-order valence-electron chi connectivity index (χ2n) is 17.8. The molecule has 3 aliphatic rings. The molecule has 1 unspecified atom stereocenters. The number of benzene rings is 1. The first-order valence-electron chi connectivity index (χ1n) is 21.3. The van der Waals surface area contributed by atoms with E-state index in [1.807, 2.05) is 84.1 Å². The highest BCUT2D eigenvalue weighted by molar-refractivity contribution is 6.00. The molecular formula is C43H69N7O9. The molecule has 1 amide bonds. The van der Waals surface area contributed by atoms with Crippen molar-refractivity contribution in [2.75, 3.05) is 40.0 Å². The molecule has 0 aliphatic carbocycles. The molecule has 0 radical (unpaired) electrons. The van der Waals surface area contributed by atoms with E-state index in [4.69, 9.17) is 29.4 Å². The Morgan fingerprint density at radius 2 is 1.80 bits per heavy atom. The number of amides is 1. The summed E-state index contributed by atoms with van der Waals surface area (Å²) in [6.07, 6.45) is 0.194. The third-order valence-corrected chi connectivity index (χ3v) is 12.8. The van der Waals surface area contributed by atoms with Gasteiger partial charge in [-0.1, -0.05) is 38.1 Å². The molecule has 2 aromatic rings. The number of aliphatic hydroxyl groups is 1. The maximum Gasteiger partial charge on any atom is 0.410 e. The van der Waals surface area contributed by atoms with Crippen molar-refractivity contribution < 1.29 is 43.2 Å². The van der Waals surface area contributed by atoms with Crippen LogP contribution in [0.15, 0.2) is 30.5 Å².